The van der Waals surface area contributed by atoms with Gasteiger partial charge in [0.15, 0.2) is 0 Å². The second-order valence-electron chi connectivity index (χ2n) is 5.70. The summed E-state index contributed by atoms with van der Waals surface area (Å²) in [6.07, 6.45) is 6.48. The SMILES string of the molecule is CCOC1CC(CC(=O)NCC2CCC(Cl)C2)C1. The van der Waals surface area contributed by atoms with Gasteiger partial charge in [-0.25, -0.2) is 0 Å². The number of nitrogens with one attached hydrogen (secondary N) is 1. The molecule has 0 aromatic rings. The van der Waals surface area contributed by atoms with E-state index in [-0.39, 0.29) is 5.91 Å². The molecule has 2 aliphatic rings. The molecule has 3 nitrogen and oxygen atoms in total. The summed E-state index contributed by atoms with van der Waals surface area (Å²) in [6, 6.07) is 0. The lowest BCUT2D eigenvalue weighted by Crippen LogP contribution is -2.36. The van der Waals surface area contributed by atoms with Gasteiger partial charge in [-0.05, 0) is 50.9 Å². The molecule has 2 saturated carbocycles. The molecule has 0 radical (unpaired) electrons. The van der Waals surface area contributed by atoms with Crippen molar-refractivity contribution in [2.75, 3.05) is 13.2 Å². The van der Waals surface area contributed by atoms with Crippen molar-refractivity contribution in [3.63, 3.8) is 0 Å². The van der Waals surface area contributed by atoms with Crippen LogP contribution in [0, 0.1) is 11.8 Å². The third-order valence-corrected chi connectivity index (χ3v) is 4.53. The second kappa shape index (κ2) is 6.76. The predicted molar refractivity (Wildman–Crippen MR) is 72.7 cm³/mol. The Morgan fingerprint density at radius 2 is 2.06 bits per heavy atom. The number of halogens is 1. The number of hydrogen-bond donors (Lipinski definition) is 1. The van der Waals surface area contributed by atoms with Gasteiger partial charge in [0, 0.05) is 24.9 Å². The van der Waals surface area contributed by atoms with Crippen LogP contribution in [-0.2, 0) is 9.53 Å². The standard InChI is InChI=1S/C14H24ClNO2/c1-2-18-13-6-11(7-13)8-14(17)16-9-10-3-4-12(15)5-10/h10-13H,2-9H2,1H3,(H,16,17). The molecule has 4 heteroatoms. The van der Waals surface area contributed by atoms with E-state index in [4.69, 9.17) is 16.3 Å². The molecule has 2 atom stereocenters. The van der Waals surface area contributed by atoms with Crippen LogP contribution in [-0.4, -0.2) is 30.5 Å². The number of amides is 1. The average molecular weight is 274 g/mol. The average Bonchev–Trinajstić information content (AvgIpc) is 2.70. The minimum Gasteiger partial charge on any atom is -0.378 e. The molecular weight excluding hydrogens is 250 g/mol. The zero-order valence-corrected chi connectivity index (χ0v) is 11.9. The van der Waals surface area contributed by atoms with Gasteiger partial charge in [0.1, 0.15) is 0 Å². The maximum absolute atomic E-state index is 11.8. The number of ether oxygens (including phenoxy) is 1. The summed E-state index contributed by atoms with van der Waals surface area (Å²) in [6.45, 7) is 3.61. The first-order valence-electron chi connectivity index (χ1n) is 7.19. The van der Waals surface area contributed by atoms with Gasteiger partial charge in [-0.2, -0.15) is 0 Å². The smallest absolute Gasteiger partial charge is 0.220 e. The molecule has 0 aromatic carbocycles. The lowest BCUT2D eigenvalue weighted by Gasteiger charge is -2.34. The first kappa shape index (κ1) is 14.1. The minimum atomic E-state index is 0.202. The Kier molecular flexibility index (Phi) is 5.31. The molecule has 2 aliphatic carbocycles. The molecule has 2 rings (SSSR count). The van der Waals surface area contributed by atoms with E-state index in [0.29, 0.717) is 29.7 Å². The molecule has 0 saturated heterocycles. The van der Waals surface area contributed by atoms with Gasteiger partial charge in [0.25, 0.3) is 0 Å². The van der Waals surface area contributed by atoms with Gasteiger partial charge in [0.05, 0.1) is 6.10 Å². The van der Waals surface area contributed by atoms with Gasteiger partial charge < -0.3 is 10.1 Å². The lowest BCUT2D eigenvalue weighted by molar-refractivity contribution is -0.124. The van der Waals surface area contributed by atoms with Crippen molar-refractivity contribution >= 4 is 17.5 Å². The zero-order chi connectivity index (χ0) is 13.0. The Labute approximate surface area is 115 Å². The summed E-state index contributed by atoms with van der Waals surface area (Å²) in [4.78, 5) is 11.8. The van der Waals surface area contributed by atoms with E-state index in [1.807, 2.05) is 6.92 Å². The van der Waals surface area contributed by atoms with E-state index in [1.165, 1.54) is 0 Å². The molecule has 104 valence electrons. The summed E-state index contributed by atoms with van der Waals surface area (Å²) in [5.41, 5.74) is 0. The zero-order valence-electron chi connectivity index (χ0n) is 11.2. The van der Waals surface area contributed by atoms with Gasteiger partial charge >= 0.3 is 0 Å². The molecule has 2 unspecified atom stereocenters. The highest BCUT2D eigenvalue weighted by Crippen LogP contribution is 2.33. The van der Waals surface area contributed by atoms with E-state index < -0.39 is 0 Å². The van der Waals surface area contributed by atoms with Crippen LogP contribution >= 0.6 is 11.6 Å². The van der Waals surface area contributed by atoms with Crippen molar-refractivity contribution in [3.05, 3.63) is 0 Å². The highest BCUT2D eigenvalue weighted by atomic mass is 35.5. The number of hydrogen-bond acceptors (Lipinski definition) is 2. The fraction of sp³-hybridized carbons (Fsp3) is 0.929. The van der Waals surface area contributed by atoms with Crippen LogP contribution in [0.25, 0.3) is 0 Å². The van der Waals surface area contributed by atoms with Crippen LogP contribution in [0.5, 0.6) is 0 Å². The quantitative estimate of drug-likeness (QED) is 0.756. The van der Waals surface area contributed by atoms with Crippen LogP contribution in [0.2, 0.25) is 0 Å². The molecule has 2 fully saturated rings. The van der Waals surface area contributed by atoms with E-state index in [1.54, 1.807) is 0 Å². The summed E-state index contributed by atoms with van der Waals surface area (Å²) < 4.78 is 5.50. The fourth-order valence-electron chi connectivity index (χ4n) is 3.00. The molecule has 1 amide bonds. The highest BCUT2D eigenvalue weighted by Gasteiger charge is 2.31. The van der Waals surface area contributed by atoms with Crippen molar-refractivity contribution in [1.82, 2.24) is 5.32 Å². The van der Waals surface area contributed by atoms with Crippen LogP contribution < -0.4 is 5.32 Å². The Hall–Kier alpha value is -0.280. The first-order valence-corrected chi connectivity index (χ1v) is 7.63. The van der Waals surface area contributed by atoms with Gasteiger partial charge in [0.2, 0.25) is 5.91 Å². The maximum atomic E-state index is 11.8. The van der Waals surface area contributed by atoms with Crippen molar-refractivity contribution in [1.29, 1.82) is 0 Å². The summed E-state index contributed by atoms with van der Waals surface area (Å²) in [5, 5.41) is 3.38. The predicted octanol–water partition coefficient (Wildman–Crippen LogP) is 2.72. The van der Waals surface area contributed by atoms with E-state index in [0.717, 1.165) is 45.3 Å². The van der Waals surface area contributed by atoms with Gasteiger partial charge in [-0.15, -0.1) is 11.6 Å². The normalized spacial score (nSPS) is 35.2. The highest BCUT2D eigenvalue weighted by molar-refractivity contribution is 6.20. The van der Waals surface area contributed by atoms with Gasteiger partial charge in [-0.1, -0.05) is 0 Å². The van der Waals surface area contributed by atoms with E-state index >= 15 is 0 Å². The maximum Gasteiger partial charge on any atom is 0.220 e. The largest absolute Gasteiger partial charge is 0.378 e. The Bertz CT molecular complexity index is 279. The summed E-state index contributed by atoms with van der Waals surface area (Å²) in [5.74, 6) is 1.33. The Morgan fingerprint density at radius 3 is 2.67 bits per heavy atom. The molecule has 18 heavy (non-hydrogen) atoms. The second-order valence-corrected chi connectivity index (χ2v) is 6.32. The molecule has 0 spiro atoms. The molecule has 0 bridgehead atoms. The Balaban J connectivity index is 1.53. The van der Waals surface area contributed by atoms with Crippen molar-refractivity contribution in [2.24, 2.45) is 11.8 Å². The monoisotopic (exact) mass is 273 g/mol. The molecule has 0 aliphatic heterocycles. The van der Waals surface area contributed by atoms with E-state index in [2.05, 4.69) is 5.32 Å². The number of carbonyl (C=O) groups excluding carboxylic acids is 1. The van der Waals surface area contributed by atoms with Crippen LogP contribution in [0.4, 0.5) is 0 Å². The van der Waals surface area contributed by atoms with E-state index in [9.17, 15) is 4.79 Å². The summed E-state index contributed by atoms with van der Waals surface area (Å²) in [7, 11) is 0. The van der Waals surface area contributed by atoms with Crippen LogP contribution in [0.1, 0.15) is 45.4 Å². The van der Waals surface area contributed by atoms with Crippen LogP contribution in [0.15, 0.2) is 0 Å². The molecule has 0 aromatic heterocycles. The van der Waals surface area contributed by atoms with Crippen LogP contribution in [0.3, 0.4) is 0 Å². The first-order chi connectivity index (χ1) is 8.67. The van der Waals surface area contributed by atoms with Crippen molar-refractivity contribution < 1.29 is 9.53 Å². The number of carbonyl (C=O) groups is 1. The molecule has 1 N–H and O–H groups in total. The minimum absolute atomic E-state index is 0.202. The fourth-order valence-corrected chi connectivity index (χ4v) is 3.38. The molecule has 0 heterocycles. The number of alkyl halides is 1. The topological polar surface area (TPSA) is 38.3 Å². The van der Waals surface area contributed by atoms with Crippen molar-refractivity contribution in [2.45, 2.75) is 56.9 Å². The molecular formula is C14H24ClNO2. The van der Waals surface area contributed by atoms with Gasteiger partial charge in [-0.3, -0.25) is 4.79 Å². The third-order valence-electron chi connectivity index (χ3n) is 4.13. The summed E-state index contributed by atoms with van der Waals surface area (Å²) >= 11 is 6.06. The lowest BCUT2D eigenvalue weighted by atomic mass is 9.80. The third kappa shape index (κ3) is 4.13. The Morgan fingerprint density at radius 1 is 1.28 bits per heavy atom. The number of rotatable bonds is 6. The van der Waals surface area contributed by atoms with Crippen molar-refractivity contribution in [3.8, 4) is 0 Å².